The van der Waals surface area contributed by atoms with Gasteiger partial charge in [-0.1, -0.05) is 0 Å². The van der Waals surface area contributed by atoms with Crippen molar-refractivity contribution in [2.24, 2.45) is 7.05 Å². The first kappa shape index (κ1) is 7.61. The molecule has 0 saturated carbocycles. The molecule has 0 aliphatic carbocycles. The van der Waals surface area contributed by atoms with E-state index >= 15 is 0 Å². The number of aromatic nitrogens is 2. The van der Waals surface area contributed by atoms with Gasteiger partial charge in [-0.05, 0) is 6.42 Å². The molecule has 0 aromatic carbocycles. The van der Waals surface area contributed by atoms with Gasteiger partial charge < -0.3 is 10.0 Å². The first-order valence-electron chi connectivity index (χ1n) is 4.18. The Hall–Kier alpha value is -1.03. The molecule has 1 saturated heterocycles. The maximum Gasteiger partial charge on any atom is 0.150 e. The number of aryl methyl sites for hydroxylation is 1. The lowest BCUT2D eigenvalue weighted by Crippen LogP contribution is -2.21. The number of nitrogens with zero attached hydrogens (tertiary/aromatic N) is 3. The SMILES string of the molecule is Cn1ccc(N2CCC(O)C2)n1. The van der Waals surface area contributed by atoms with Crippen molar-refractivity contribution >= 4 is 5.82 Å². The topological polar surface area (TPSA) is 41.3 Å². The number of hydrogen-bond donors (Lipinski definition) is 1. The highest BCUT2D eigenvalue weighted by molar-refractivity contribution is 5.38. The van der Waals surface area contributed by atoms with Crippen LogP contribution in [0.25, 0.3) is 0 Å². The molecule has 4 heteroatoms. The zero-order valence-electron chi connectivity index (χ0n) is 7.14. The summed E-state index contributed by atoms with van der Waals surface area (Å²) in [5.74, 6) is 0.967. The summed E-state index contributed by atoms with van der Waals surface area (Å²) in [7, 11) is 1.90. The molecule has 0 radical (unpaired) electrons. The van der Waals surface area contributed by atoms with Gasteiger partial charge in [-0.15, -0.1) is 0 Å². The molecule has 1 atom stereocenters. The zero-order chi connectivity index (χ0) is 8.55. The molecular formula is C8H13N3O. The molecule has 1 aliphatic heterocycles. The quantitative estimate of drug-likeness (QED) is 0.639. The van der Waals surface area contributed by atoms with Crippen molar-refractivity contribution < 1.29 is 5.11 Å². The van der Waals surface area contributed by atoms with Gasteiger partial charge in [-0.2, -0.15) is 5.10 Å². The van der Waals surface area contributed by atoms with Crippen LogP contribution in [0.2, 0.25) is 0 Å². The summed E-state index contributed by atoms with van der Waals surface area (Å²) >= 11 is 0. The Labute approximate surface area is 71.4 Å². The van der Waals surface area contributed by atoms with Gasteiger partial charge in [-0.25, -0.2) is 0 Å². The highest BCUT2D eigenvalue weighted by Crippen LogP contribution is 2.17. The number of aliphatic hydroxyl groups is 1. The van der Waals surface area contributed by atoms with Crippen molar-refractivity contribution in [2.75, 3.05) is 18.0 Å². The van der Waals surface area contributed by atoms with Crippen LogP contribution in [0.1, 0.15) is 6.42 Å². The van der Waals surface area contributed by atoms with Crippen LogP contribution in [0.5, 0.6) is 0 Å². The van der Waals surface area contributed by atoms with Gasteiger partial charge in [0.1, 0.15) is 0 Å². The number of β-amino-alcohol motifs (C(OH)–C–C–N with tert-alkyl or cyclic N) is 1. The van der Waals surface area contributed by atoms with Crippen molar-refractivity contribution in [1.29, 1.82) is 0 Å². The lowest BCUT2D eigenvalue weighted by Gasteiger charge is -2.13. The second-order valence-corrected chi connectivity index (χ2v) is 3.24. The van der Waals surface area contributed by atoms with Crippen LogP contribution in [-0.4, -0.2) is 34.1 Å². The van der Waals surface area contributed by atoms with Crippen molar-refractivity contribution in [3.8, 4) is 0 Å². The normalized spacial score (nSPS) is 23.5. The fourth-order valence-electron chi connectivity index (χ4n) is 1.52. The summed E-state index contributed by atoms with van der Waals surface area (Å²) in [6.45, 7) is 1.63. The van der Waals surface area contributed by atoms with E-state index in [0.717, 1.165) is 25.3 Å². The zero-order valence-corrected chi connectivity index (χ0v) is 7.14. The van der Waals surface area contributed by atoms with Crippen LogP contribution in [-0.2, 0) is 7.05 Å². The second kappa shape index (κ2) is 2.79. The Morgan fingerprint density at radius 3 is 3.00 bits per heavy atom. The van der Waals surface area contributed by atoms with Crippen molar-refractivity contribution in [3.63, 3.8) is 0 Å². The van der Waals surface area contributed by atoms with Crippen molar-refractivity contribution in [2.45, 2.75) is 12.5 Å². The van der Waals surface area contributed by atoms with Gasteiger partial charge in [0, 0.05) is 32.4 Å². The predicted octanol–water partition coefficient (Wildman–Crippen LogP) is -0.00890. The van der Waals surface area contributed by atoms with Crippen LogP contribution < -0.4 is 4.90 Å². The van der Waals surface area contributed by atoms with Crippen LogP contribution in [0.15, 0.2) is 12.3 Å². The lowest BCUT2D eigenvalue weighted by molar-refractivity contribution is 0.198. The van der Waals surface area contributed by atoms with Crippen molar-refractivity contribution in [3.05, 3.63) is 12.3 Å². The minimum absolute atomic E-state index is 0.174. The van der Waals surface area contributed by atoms with Crippen LogP contribution in [0, 0.1) is 0 Å². The Balaban J connectivity index is 2.11. The number of anilines is 1. The highest BCUT2D eigenvalue weighted by atomic mass is 16.3. The number of rotatable bonds is 1. The van der Waals surface area contributed by atoms with Crippen molar-refractivity contribution in [1.82, 2.24) is 9.78 Å². The van der Waals surface area contributed by atoms with E-state index in [9.17, 15) is 5.11 Å². The first-order valence-corrected chi connectivity index (χ1v) is 4.18. The summed E-state index contributed by atoms with van der Waals surface area (Å²) in [6.07, 6.45) is 2.60. The van der Waals surface area contributed by atoms with E-state index in [2.05, 4.69) is 10.00 Å². The maximum absolute atomic E-state index is 9.29. The summed E-state index contributed by atoms with van der Waals surface area (Å²) < 4.78 is 1.78. The molecule has 0 spiro atoms. The van der Waals surface area contributed by atoms with Gasteiger partial charge in [-0.3, -0.25) is 4.68 Å². The molecule has 12 heavy (non-hydrogen) atoms. The molecular weight excluding hydrogens is 154 g/mol. The van der Waals surface area contributed by atoms with Gasteiger partial charge in [0.05, 0.1) is 6.10 Å². The smallest absolute Gasteiger partial charge is 0.150 e. The van der Waals surface area contributed by atoms with E-state index in [1.165, 1.54) is 0 Å². The first-order chi connectivity index (χ1) is 5.75. The summed E-state index contributed by atoms with van der Waals surface area (Å²) in [4.78, 5) is 2.10. The Morgan fingerprint density at radius 2 is 2.50 bits per heavy atom. The second-order valence-electron chi connectivity index (χ2n) is 3.24. The monoisotopic (exact) mass is 167 g/mol. The molecule has 0 bridgehead atoms. The summed E-state index contributed by atoms with van der Waals surface area (Å²) in [6, 6.07) is 1.97. The molecule has 4 nitrogen and oxygen atoms in total. The van der Waals surface area contributed by atoms with E-state index in [0.29, 0.717) is 0 Å². The van der Waals surface area contributed by atoms with Gasteiger partial charge in [0.25, 0.3) is 0 Å². The molecule has 2 rings (SSSR count). The average molecular weight is 167 g/mol. The molecule has 1 aromatic rings. The van der Waals surface area contributed by atoms with E-state index in [1.807, 2.05) is 19.3 Å². The standard InChI is InChI=1S/C8H13N3O/c1-10-4-3-8(9-10)11-5-2-7(12)6-11/h3-4,7,12H,2,5-6H2,1H3. The Kier molecular flexibility index (Phi) is 1.77. The largest absolute Gasteiger partial charge is 0.391 e. The predicted molar refractivity (Wildman–Crippen MR) is 46.0 cm³/mol. The summed E-state index contributed by atoms with van der Waals surface area (Å²) in [5.41, 5.74) is 0. The Morgan fingerprint density at radius 1 is 1.67 bits per heavy atom. The highest BCUT2D eigenvalue weighted by Gasteiger charge is 2.21. The molecule has 0 amide bonds. The number of aliphatic hydroxyl groups excluding tert-OH is 1. The minimum atomic E-state index is -0.174. The van der Waals surface area contributed by atoms with Gasteiger partial charge >= 0.3 is 0 Å². The van der Waals surface area contributed by atoms with E-state index in [-0.39, 0.29) is 6.10 Å². The Bertz CT molecular complexity index is 271. The van der Waals surface area contributed by atoms with Gasteiger partial charge in [0.15, 0.2) is 5.82 Å². The fourth-order valence-corrected chi connectivity index (χ4v) is 1.52. The molecule has 1 fully saturated rings. The lowest BCUT2D eigenvalue weighted by atomic mass is 10.3. The molecule has 66 valence electrons. The van der Waals surface area contributed by atoms with Crippen LogP contribution in [0.4, 0.5) is 5.82 Å². The maximum atomic E-state index is 9.29. The molecule has 2 heterocycles. The molecule has 1 aliphatic rings. The number of hydrogen-bond acceptors (Lipinski definition) is 3. The summed E-state index contributed by atoms with van der Waals surface area (Å²) in [5, 5.41) is 13.6. The molecule has 1 aromatic heterocycles. The third kappa shape index (κ3) is 1.30. The minimum Gasteiger partial charge on any atom is -0.391 e. The van der Waals surface area contributed by atoms with Crippen LogP contribution >= 0.6 is 0 Å². The van der Waals surface area contributed by atoms with E-state index in [4.69, 9.17) is 0 Å². The van der Waals surface area contributed by atoms with E-state index in [1.54, 1.807) is 4.68 Å². The third-order valence-corrected chi connectivity index (χ3v) is 2.19. The average Bonchev–Trinajstić information content (AvgIpc) is 2.58. The van der Waals surface area contributed by atoms with E-state index < -0.39 is 0 Å². The molecule has 1 unspecified atom stereocenters. The third-order valence-electron chi connectivity index (χ3n) is 2.19. The molecule has 1 N–H and O–H groups in total. The van der Waals surface area contributed by atoms with Gasteiger partial charge in [0.2, 0.25) is 0 Å². The van der Waals surface area contributed by atoms with Crippen LogP contribution in [0.3, 0.4) is 0 Å². The fraction of sp³-hybridized carbons (Fsp3) is 0.625.